The van der Waals surface area contributed by atoms with E-state index in [-0.39, 0.29) is 5.02 Å². The predicted molar refractivity (Wildman–Crippen MR) is 72.1 cm³/mol. The lowest BCUT2D eigenvalue weighted by molar-refractivity contribution is 0.629. The van der Waals surface area contributed by atoms with Crippen LogP contribution in [0.15, 0.2) is 30.5 Å². The van der Waals surface area contributed by atoms with E-state index in [0.29, 0.717) is 17.9 Å². The lowest BCUT2D eigenvalue weighted by Crippen LogP contribution is -2.06. The molecule has 0 radical (unpaired) electrons. The summed E-state index contributed by atoms with van der Waals surface area (Å²) in [5.41, 5.74) is 8.63. The fourth-order valence-corrected chi connectivity index (χ4v) is 1.76. The molecule has 5 heteroatoms. The van der Waals surface area contributed by atoms with Crippen LogP contribution in [0.2, 0.25) is 5.02 Å². The molecule has 94 valence electrons. The van der Waals surface area contributed by atoms with Gasteiger partial charge >= 0.3 is 0 Å². The highest BCUT2D eigenvalue weighted by molar-refractivity contribution is 6.31. The van der Waals surface area contributed by atoms with E-state index in [4.69, 9.17) is 17.3 Å². The fourth-order valence-electron chi connectivity index (χ4n) is 1.60. The summed E-state index contributed by atoms with van der Waals surface area (Å²) in [6, 6.07) is 6.54. The fraction of sp³-hybridized carbons (Fsp3) is 0.154. The number of anilines is 2. The Hall–Kier alpha value is -1.81. The van der Waals surface area contributed by atoms with Gasteiger partial charge in [0.15, 0.2) is 0 Å². The number of hydrogen-bond donors (Lipinski definition) is 2. The number of hydrogen-bond acceptors (Lipinski definition) is 3. The van der Waals surface area contributed by atoms with Crippen molar-refractivity contribution in [3.63, 3.8) is 0 Å². The molecule has 0 saturated carbocycles. The van der Waals surface area contributed by atoms with Gasteiger partial charge in [-0.2, -0.15) is 0 Å². The molecule has 1 aromatic heterocycles. The third kappa shape index (κ3) is 2.71. The molecule has 0 saturated heterocycles. The summed E-state index contributed by atoms with van der Waals surface area (Å²) in [4.78, 5) is 4.25. The van der Waals surface area contributed by atoms with E-state index in [1.807, 2.05) is 19.1 Å². The van der Waals surface area contributed by atoms with Crippen molar-refractivity contribution in [1.82, 2.24) is 4.98 Å². The molecule has 0 aliphatic carbocycles. The van der Waals surface area contributed by atoms with Gasteiger partial charge in [0.05, 0.1) is 28.6 Å². The van der Waals surface area contributed by atoms with E-state index >= 15 is 0 Å². The maximum Gasteiger partial charge on any atom is 0.143 e. The smallest absolute Gasteiger partial charge is 0.143 e. The molecule has 0 bridgehead atoms. The van der Waals surface area contributed by atoms with Crippen LogP contribution in [0.1, 0.15) is 11.3 Å². The molecular formula is C13H13ClFN3. The van der Waals surface area contributed by atoms with Crippen LogP contribution in [0.5, 0.6) is 0 Å². The van der Waals surface area contributed by atoms with Gasteiger partial charge in [0.25, 0.3) is 0 Å². The van der Waals surface area contributed by atoms with Gasteiger partial charge < -0.3 is 11.1 Å². The van der Waals surface area contributed by atoms with Gasteiger partial charge in [0.2, 0.25) is 0 Å². The molecule has 0 atom stereocenters. The molecule has 2 aromatic rings. The minimum absolute atomic E-state index is 0.0458. The number of nitrogen functional groups attached to an aromatic ring is 1. The summed E-state index contributed by atoms with van der Waals surface area (Å²) >= 11 is 5.71. The first-order valence-electron chi connectivity index (χ1n) is 5.47. The van der Waals surface area contributed by atoms with Gasteiger partial charge in [0.1, 0.15) is 5.82 Å². The van der Waals surface area contributed by atoms with Crippen molar-refractivity contribution in [2.24, 2.45) is 0 Å². The second-order valence-electron chi connectivity index (χ2n) is 3.97. The van der Waals surface area contributed by atoms with Crippen LogP contribution in [-0.4, -0.2) is 4.98 Å². The van der Waals surface area contributed by atoms with Gasteiger partial charge in [-0.25, -0.2) is 4.39 Å². The zero-order chi connectivity index (χ0) is 13.1. The predicted octanol–water partition coefficient (Wildman–Crippen LogP) is 3.38. The van der Waals surface area contributed by atoms with Crippen molar-refractivity contribution in [3.05, 3.63) is 52.6 Å². The molecule has 0 aliphatic heterocycles. The summed E-state index contributed by atoms with van der Waals surface area (Å²) in [6.45, 7) is 2.49. The van der Waals surface area contributed by atoms with Crippen molar-refractivity contribution in [3.8, 4) is 0 Å². The summed E-state index contributed by atoms with van der Waals surface area (Å²) < 4.78 is 13.1. The molecule has 3 N–H and O–H groups in total. The number of halogens is 2. The quantitative estimate of drug-likeness (QED) is 0.837. The second-order valence-corrected chi connectivity index (χ2v) is 4.38. The maximum atomic E-state index is 13.1. The van der Waals surface area contributed by atoms with Crippen LogP contribution < -0.4 is 11.1 Å². The van der Waals surface area contributed by atoms with Crippen LogP contribution in [0.25, 0.3) is 0 Å². The number of rotatable bonds is 3. The van der Waals surface area contributed by atoms with Crippen LogP contribution in [0, 0.1) is 12.7 Å². The van der Waals surface area contributed by atoms with E-state index < -0.39 is 5.82 Å². The summed E-state index contributed by atoms with van der Waals surface area (Å²) in [5, 5.41) is 3.15. The largest absolute Gasteiger partial charge is 0.397 e. The van der Waals surface area contributed by atoms with Crippen molar-refractivity contribution < 1.29 is 4.39 Å². The van der Waals surface area contributed by atoms with Gasteiger partial charge in [-0.3, -0.25) is 4.98 Å². The van der Waals surface area contributed by atoms with E-state index in [0.717, 1.165) is 11.3 Å². The number of benzene rings is 1. The second kappa shape index (κ2) is 5.23. The molecule has 0 amide bonds. The van der Waals surface area contributed by atoms with Crippen molar-refractivity contribution in [2.45, 2.75) is 13.5 Å². The summed E-state index contributed by atoms with van der Waals surface area (Å²) in [6.07, 6.45) is 1.73. The summed E-state index contributed by atoms with van der Waals surface area (Å²) in [7, 11) is 0. The normalized spacial score (nSPS) is 10.4. The Morgan fingerprint density at radius 2 is 2.22 bits per heavy atom. The lowest BCUT2D eigenvalue weighted by atomic mass is 10.2. The highest BCUT2D eigenvalue weighted by Gasteiger charge is 2.06. The van der Waals surface area contributed by atoms with Crippen LogP contribution in [0.4, 0.5) is 15.8 Å². The Morgan fingerprint density at radius 1 is 1.44 bits per heavy atom. The topological polar surface area (TPSA) is 50.9 Å². The van der Waals surface area contributed by atoms with E-state index in [1.165, 1.54) is 12.1 Å². The number of nitrogens with one attached hydrogen (secondary N) is 1. The number of aromatic nitrogens is 1. The molecule has 0 fully saturated rings. The molecule has 1 aromatic carbocycles. The maximum absolute atomic E-state index is 13.1. The Bertz CT molecular complexity index is 572. The number of aryl methyl sites for hydroxylation is 1. The number of nitrogens with zero attached hydrogens (tertiary/aromatic N) is 1. The molecule has 1 heterocycles. The van der Waals surface area contributed by atoms with E-state index in [9.17, 15) is 4.39 Å². The third-order valence-corrected chi connectivity index (χ3v) is 2.95. The molecule has 0 aliphatic rings. The average Bonchev–Trinajstić information content (AvgIpc) is 2.34. The molecule has 2 rings (SSSR count). The minimum atomic E-state index is -0.520. The van der Waals surface area contributed by atoms with Crippen molar-refractivity contribution in [2.75, 3.05) is 11.1 Å². The Kier molecular flexibility index (Phi) is 3.67. The van der Waals surface area contributed by atoms with Crippen LogP contribution in [-0.2, 0) is 6.54 Å². The SMILES string of the molecule is Cc1cccnc1CNc1cc(Cl)c(F)cc1N. The first-order valence-corrected chi connectivity index (χ1v) is 5.84. The van der Waals surface area contributed by atoms with Gasteiger partial charge in [-0.05, 0) is 24.6 Å². The zero-order valence-corrected chi connectivity index (χ0v) is 10.6. The van der Waals surface area contributed by atoms with E-state index in [1.54, 1.807) is 6.20 Å². The highest BCUT2D eigenvalue weighted by Crippen LogP contribution is 2.26. The Labute approximate surface area is 110 Å². The van der Waals surface area contributed by atoms with Crippen LogP contribution in [0.3, 0.4) is 0 Å². The van der Waals surface area contributed by atoms with Crippen molar-refractivity contribution >= 4 is 23.0 Å². The van der Waals surface area contributed by atoms with Crippen LogP contribution >= 0.6 is 11.6 Å². The minimum Gasteiger partial charge on any atom is -0.397 e. The molecule has 0 unspecified atom stereocenters. The third-order valence-electron chi connectivity index (χ3n) is 2.66. The lowest BCUT2D eigenvalue weighted by Gasteiger charge is -2.11. The molecule has 18 heavy (non-hydrogen) atoms. The summed E-state index contributed by atoms with van der Waals surface area (Å²) in [5.74, 6) is -0.520. The standard InChI is InChI=1S/C13H13ClFN3/c1-8-3-2-4-17-13(8)7-18-12-5-9(14)10(15)6-11(12)16/h2-6,18H,7,16H2,1H3. The molecule has 3 nitrogen and oxygen atoms in total. The highest BCUT2D eigenvalue weighted by atomic mass is 35.5. The van der Waals surface area contributed by atoms with Gasteiger partial charge in [-0.15, -0.1) is 0 Å². The number of pyridine rings is 1. The molecule has 0 spiro atoms. The van der Waals surface area contributed by atoms with E-state index in [2.05, 4.69) is 10.3 Å². The number of nitrogens with two attached hydrogens (primary N) is 1. The Balaban J connectivity index is 2.16. The zero-order valence-electron chi connectivity index (χ0n) is 9.87. The average molecular weight is 266 g/mol. The first kappa shape index (κ1) is 12.6. The first-order chi connectivity index (χ1) is 8.58. The van der Waals surface area contributed by atoms with Gasteiger partial charge in [0, 0.05) is 12.3 Å². The van der Waals surface area contributed by atoms with Gasteiger partial charge in [-0.1, -0.05) is 17.7 Å². The van der Waals surface area contributed by atoms with Crippen molar-refractivity contribution in [1.29, 1.82) is 0 Å². The monoisotopic (exact) mass is 265 g/mol. The molecular weight excluding hydrogens is 253 g/mol. The Morgan fingerprint density at radius 3 is 2.94 bits per heavy atom.